The second-order valence-electron chi connectivity index (χ2n) is 4.10. The Bertz CT molecular complexity index is 353. The third-order valence-electron chi connectivity index (χ3n) is 2.76. The summed E-state index contributed by atoms with van der Waals surface area (Å²) in [4.78, 5) is 2.13. The van der Waals surface area contributed by atoms with E-state index < -0.39 is 0 Å². The molecule has 0 amide bonds. The van der Waals surface area contributed by atoms with Gasteiger partial charge in [0.05, 0.1) is 13.7 Å². The van der Waals surface area contributed by atoms with Crippen LogP contribution in [0.2, 0.25) is 0 Å². The Morgan fingerprint density at radius 3 is 2.59 bits per heavy atom. The second kappa shape index (κ2) is 6.47. The Labute approximate surface area is 103 Å². The number of rotatable bonds is 6. The van der Waals surface area contributed by atoms with Crippen molar-refractivity contribution in [3.63, 3.8) is 0 Å². The van der Waals surface area contributed by atoms with E-state index in [4.69, 9.17) is 15.2 Å². The van der Waals surface area contributed by atoms with Crippen LogP contribution in [0.1, 0.15) is 18.5 Å². The van der Waals surface area contributed by atoms with Crippen molar-refractivity contribution in [3.8, 4) is 5.75 Å². The lowest BCUT2D eigenvalue weighted by Crippen LogP contribution is -2.24. The molecule has 2 N–H and O–H groups in total. The topological polar surface area (TPSA) is 47.7 Å². The molecule has 4 heteroatoms. The Balaban J connectivity index is 3.05. The van der Waals surface area contributed by atoms with Gasteiger partial charge in [-0.05, 0) is 19.1 Å². The second-order valence-corrected chi connectivity index (χ2v) is 4.10. The predicted molar refractivity (Wildman–Crippen MR) is 70.7 cm³/mol. The summed E-state index contributed by atoms with van der Waals surface area (Å²) in [6.07, 6.45) is 0. The fourth-order valence-electron chi connectivity index (χ4n) is 1.85. The SMILES string of the molecule is COCCN(C)c1cccc(OC)c1[C@@H](C)N. The average Bonchev–Trinajstić information content (AvgIpc) is 2.34. The largest absolute Gasteiger partial charge is 0.496 e. The molecule has 0 radical (unpaired) electrons. The molecule has 0 saturated heterocycles. The van der Waals surface area contributed by atoms with Crippen LogP contribution >= 0.6 is 0 Å². The van der Waals surface area contributed by atoms with Gasteiger partial charge in [-0.15, -0.1) is 0 Å². The normalized spacial score (nSPS) is 12.3. The summed E-state index contributed by atoms with van der Waals surface area (Å²) in [6.45, 7) is 3.47. The van der Waals surface area contributed by atoms with Gasteiger partial charge in [0.25, 0.3) is 0 Å². The monoisotopic (exact) mass is 238 g/mol. The van der Waals surface area contributed by atoms with E-state index in [1.54, 1.807) is 14.2 Å². The minimum absolute atomic E-state index is 0.0638. The van der Waals surface area contributed by atoms with E-state index in [0.29, 0.717) is 6.61 Å². The van der Waals surface area contributed by atoms with E-state index in [-0.39, 0.29) is 6.04 Å². The van der Waals surface area contributed by atoms with E-state index >= 15 is 0 Å². The number of ether oxygens (including phenoxy) is 2. The zero-order valence-corrected chi connectivity index (χ0v) is 11.1. The van der Waals surface area contributed by atoms with Crippen molar-refractivity contribution in [1.82, 2.24) is 0 Å². The molecule has 1 aromatic carbocycles. The summed E-state index contributed by atoms with van der Waals surface area (Å²) in [5, 5.41) is 0. The highest BCUT2D eigenvalue weighted by Crippen LogP contribution is 2.32. The highest BCUT2D eigenvalue weighted by Gasteiger charge is 2.15. The average molecular weight is 238 g/mol. The molecule has 0 aliphatic rings. The van der Waals surface area contributed by atoms with Crippen molar-refractivity contribution in [2.75, 3.05) is 39.3 Å². The number of hydrogen-bond donors (Lipinski definition) is 1. The van der Waals surface area contributed by atoms with Crippen LogP contribution in [-0.2, 0) is 4.74 Å². The lowest BCUT2D eigenvalue weighted by molar-refractivity contribution is 0.206. The molecule has 0 heterocycles. The van der Waals surface area contributed by atoms with Crippen LogP contribution in [0.25, 0.3) is 0 Å². The third kappa shape index (κ3) is 3.35. The summed E-state index contributed by atoms with van der Waals surface area (Å²) in [7, 11) is 5.39. The van der Waals surface area contributed by atoms with Gasteiger partial charge in [-0.1, -0.05) is 6.07 Å². The van der Waals surface area contributed by atoms with Gasteiger partial charge in [-0.25, -0.2) is 0 Å². The Kier molecular flexibility index (Phi) is 5.25. The number of hydrogen-bond acceptors (Lipinski definition) is 4. The van der Waals surface area contributed by atoms with Gasteiger partial charge in [-0.2, -0.15) is 0 Å². The molecule has 96 valence electrons. The molecule has 1 aromatic rings. The first-order chi connectivity index (χ1) is 8.11. The maximum atomic E-state index is 6.02. The number of likely N-dealkylation sites (N-methyl/N-ethyl adjacent to an activating group) is 1. The third-order valence-corrected chi connectivity index (χ3v) is 2.76. The van der Waals surface area contributed by atoms with Crippen LogP contribution in [0.5, 0.6) is 5.75 Å². The van der Waals surface area contributed by atoms with Gasteiger partial charge in [0.1, 0.15) is 5.75 Å². The molecule has 17 heavy (non-hydrogen) atoms. The molecule has 0 unspecified atom stereocenters. The van der Waals surface area contributed by atoms with E-state index in [9.17, 15) is 0 Å². The summed E-state index contributed by atoms with van der Waals surface area (Å²) in [5.74, 6) is 0.835. The van der Waals surface area contributed by atoms with Gasteiger partial charge >= 0.3 is 0 Å². The summed E-state index contributed by atoms with van der Waals surface area (Å²) in [6, 6.07) is 5.90. The molecule has 0 spiro atoms. The zero-order valence-electron chi connectivity index (χ0n) is 11.1. The van der Waals surface area contributed by atoms with Crippen molar-refractivity contribution in [2.45, 2.75) is 13.0 Å². The highest BCUT2D eigenvalue weighted by atomic mass is 16.5. The van der Waals surface area contributed by atoms with E-state index in [1.807, 2.05) is 26.1 Å². The van der Waals surface area contributed by atoms with Gasteiger partial charge in [0.2, 0.25) is 0 Å². The van der Waals surface area contributed by atoms with Crippen LogP contribution in [0.15, 0.2) is 18.2 Å². The first kappa shape index (κ1) is 13.8. The van der Waals surface area contributed by atoms with Crippen molar-refractivity contribution in [3.05, 3.63) is 23.8 Å². The molecular formula is C13H22N2O2. The molecule has 0 aliphatic heterocycles. The molecule has 0 fully saturated rings. The van der Waals surface area contributed by atoms with Crippen molar-refractivity contribution in [2.24, 2.45) is 5.73 Å². The van der Waals surface area contributed by atoms with E-state index in [0.717, 1.165) is 23.5 Å². The van der Waals surface area contributed by atoms with Gasteiger partial charge < -0.3 is 20.1 Å². The minimum atomic E-state index is -0.0638. The fraction of sp³-hybridized carbons (Fsp3) is 0.538. The van der Waals surface area contributed by atoms with Gasteiger partial charge in [0.15, 0.2) is 0 Å². The standard InChI is InChI=1S/C13H22N2O2/c1-10(14)13-11(15(2)8-9-16-3)6-5-7-12(13)17-4/h5-7,10H,8-9,14H2,1-4H3/t10-/m1/s1. The molecular weight excluding hydrogens is 216 g/mol. The van der Waals surface area contributed by atoms with Crippen molar-refractivity contribution < 1.29 is 9.47 Å². The number of nitrogens with two attached hydrogens (primary N) is 1. The first-order valence-electron chi connectivity index (χ1n) is 5.74. The number of benzene rings is 1. The quantitative estimate of drug-likeness (QED) is 0.821. The van der Waals surface area contributed by atoms with E-state index in [1.165, 1.54) is 0 Å². The van der Waals surface area contributed by atoms with Crippen LogP contribution in [0, 0.1) is 0 Å². The molecule has 0 saturated carbocycles. The van der Waals surface area contributed by atoms with Crippen molar-refractivity contribution >= 4 is 5.69 Å². The Morgan fingerprint density at radius 1 is 1.35 bits per heavy atom. The smallest absolute Gasteiger partial charge is 0.125 e. The summed E-state index contributed by atoms with van der Waals surface area (Å²) < 4.78 is 10.5. The highest BCUT2D eigenvalue weighted by molar-refractivity contribution is 5.60. The molecule has 0 aliphatic carbocycles. The summed E-state index contributed by atoms with van der Waals surface area (Å²) in [5.41, 5.74) is 8.15. The number of methoxy groups -OCH3 is 2. The van der Waals surface area contributed by atoms with Gasteiger partial charge in [-0.3, -0.25) is 0 Å². The molecule has 4 nitrogen and oxygen atoms in total. The molecule has 0 aromatic heterocycles. The lowest BCUT2D eigenvalue weighted by atomic mass is 10.0. The van der Waals surface area contributed by atoms with Crippen LogP contribution < -0.4 is 15.4 Å². The minimum Gasteiger partial charge on any atom is -0.496 e. The molecule has 0 bridgehead atoms. The zero-order chi connectivity index (χ0) is 12.8. The maximum Gasteiger partial charge on any atom is 0.125 e. The fourth-order valence-corrected chi connectivity index (χ4v) is 1.85. The lowest BCUT2D eigenvalue weighted by Gasteiger charge is -2.25. The molecule has 1 rings (SSSR count). The Morgan fingerprint density at radius 2 is 2.06 bits per heavy atom. The molecule has 1 atom stereocenters. The maximum absolute atomic E-state index is 6.02. The van der Waals surface area contributed by atoms with Crippen LogP contribution in [0.3, 0.4) is 0 Å². The van der Waals surface area contributed by atoms with Crippen molar-refractivity contribution in [1.29, 1.82) is 0 Å². The number of anilines is 1. The summed E-state index contributed by atoms with van der Waals surface area (Å²) >= 11 is 0. The van der Waals surface area contributed by atoms with E-state index in [2.05, 4.69) is 11.0 Å². The van der Waals surface area contributed by atoms with Crippen LogP contribution in [-0.4, -0.2) is 34.4 Å². The predicted octanol–water partition coefficient (Wildman–Crippen LogP) is 1.80. The first-order valence-corrected chi connectivity index (χ1v) is 5.74. The van der Waals surface area contributed by atoms with Gasteiger partial charge in [0, 0.05) is 38.0 Å². The number of nitrogens with zero attached hydrogens (tertiary/aromatic N) is 1. The Hall–Kier alpha value is -1.26. The van der Waals surface area contributed by atoms with Crippen LogP contribution in [0.4, 0.5) is 5.69 Å².